The number of halogens is 1. The summed E-state index contributed by atoms with van der Waals surface area (Å²) in [6.45, 7) is 4.67. The predicted molar refractivity (Wildman–Crippen MR) is 109 cm³/mol. The molecule has 0 aliphatic carbocycles. The summed E-state index contributed by atoms with van der Waals surface area (Å²) < 4.78 is 5.20. The van der Waals surface area contributed by atoms with Gasteiger partial charge in [-0.2, -0.15) is 0 Å². The Bertz CT molecular complexity index is 809. The van der Waals surface area contributed by atoms with Gasteiger partial charge >= 0.3 is 0 Å². The number of methoxy groups -OCH3 is 1. The summed E-state index contributed by atoms with van der Waals surface area (Å²) in [7, 11) is 1.55. The number of nitrogens with one attached hydrogen (secondary N) is 3. The zero-order chi connectivity index (χ0) is 19.8. The number of carbonyl (C=O) groups excluding carboxylic acids is 2. The van der Waals surface area contributed by atoms with E-state index in [1.54, 1.807) is 37.4 Å². The molecule has 7 heteroatoms. The van der Waals surface area contributed by atoms with E-state index in [9.17, 15) is 9.59 Å². The third-order valence-electron chi connectivity index (χ3n) is 3.72. The number of anilines is 2. The Balaban J connectivity index is 1.93. The van der Waals surface area contributed by atoms with Crippen LogP contribution < -0.4 is 20.7 Å². The van der Waals surface area contributed by atoms with Crippen LogP contribution in [-0.4, -0.2) is 32.0 Å². The van der Waals surface area contributed by atoms with Crippen LogP contribution in [0.1, 0.15) is 24.2 Å². The van der Waals surface area contributed by atoms with Crippen LogP contribution >= 0.6 is 11.6 Å². The normalized spacial score (nSPS) is 10.4. The molecule has 0 fully saturated rings. The first-order valence-electron chi connectivity index (χ1n) is 8.65. The molecule has 0 spiro atoms. The van der Waals surface area contributed by atoms with E-state index in [0.717, 1.165) is 0 Å². The van der Waals surface area contributed by atoms with Gasteiger partial charge in [0.15, 0.2) is 0 Å². The van der Waals surface area contributed by atoms with Gasteiger partial charge in [-0.15, -0.1) is 0 Å². The lowest BCUT2D eigenvalue weighted by Crippen LogP contribution is -2.27. The van der Waals surface area contributed by atoms with Crippen molar-refractivity contribution >= 4 is 34.8 Å². The van der Waals surface area contributed by atoms with E-state index >= 15 is 0 Å². The first kappa shape index (κ1) is 20.6. The highest BCUT2D eigenvalue weighted by Crippen LogP contribution is 2.23. The minimum atomic E-state index is -0.227. The van der Waals surface area contributed by atoms with E-state index in [1.807, 2.05) is 26.0 Å². The molecule has 144 valence electrons. The van der Waals surface area contributed by atoms with E-state index in [0.29, 0.717) is 40.2 Å². The second kappa shape index (κ2) is 9.83. The van der Waals surface area contributed by atoms with Gasteiger partial charge in [0.2, 0.25) is 5.91 Å². The second-order valence-corrected chi connectivity index (χ2v) is 6.81. The number of amides is 2. The van der Waals surface area contributed by atoms with Crippen LogP contribution in [0, 0.1) is 5.92 Å². The van der Waals surface area contributed by atoms with Gasteiger partial charge in [-0.3, -0.25) is 9.59 Å². The Labute approximate surface area is 164 Å². The van der Waals surface area contributed by atoms with Crippen molar-refractivity contribution in [3.8, 4) is 5.75 Å². The van der Waals surface area contributed by atoms with Crippen LogP contribution in [0.4, 0.5) is 11.4 Å². The lowest BCUT2D eigenvalue weighted by Gasteiger charge is -2.12. The third-order valence-corrected chi connectivity index (χ3v) is 4.03. The Hall–Kier alpha value is -2.73. The van der Waals surface area contributed by atoms with Gasteiger partial charge < -0.3 is 20.7 Å². The molecule has 0 aromatic heterocycles. The molecule has 0 saturated carbocycles. The molecule has 6 nitrogen and oxygen atoms in total. The molecular formula is C20H24ClN3O3. The molecule has 0 unspecified atom stereocenters. The number of para-hydroxylation sites is 2. The van der Waals surface area contributed by atoms with Gasteiger partial charge in [0.25, 0.3) is 5.91 Å². The first-order valence-corrected chi connectivity index (χ1v) is 9.03. The number of carbonyl (C=O) groups is 2. The van der Waals surface area contributed by atoms with Crippen molar-refractivity contribution in [2.75, 3.05) is 30.8 Å². The van der Waals surface area contributed by atoms with Crippen molar-refractivity contribution in [2.45, 2.75) is 13.8 Å². The van der Waals surface area contributed by atoms with Crippen LogP contribution in [0.5, 0.6) is 5.75 Å². The maximum atomic E-state index is 12.1. The van der Waals surface area contributed by atoms with E-state index in [-0.39, 0.29) is 18.4 Å². The molecule has 2 aromatic rings. The maximum Gasteiger partial charge on any atom is 0.252 e. The fourth-order valence-corrected chi connectivity index (χ4v) is 2.59. The second-order valence-electron chi connectivity index (χ2n) is 6.40. The number of benzene rings is 2. The summed E-state index contributed by atoms with van der Waals surface area (Å²) in [4.78, 5) is 24.3. The third kappa shape index (κ3) is 6.18. The maximum absolute atomic E-state index is 12.1. The molecule has 3 N–H and O–H groups in total. The van der Waals surface area contributed by atoms with Crippen molar-refractivity contribution < 1.29 is 14.3 Å². The summed E-state index contributed by atoms with van der Waals surface area (Å²) in [5, 5.41) is 8.92. The molecule has 2 rings (SSSR count). The minimum Gasteiger partial charge on any atom is -0.495 e. The largest absolute Gasteiger partial charge is 0.495 e. The quantitative estimate of drug-likeness (QED) is 0.641. The van der Waals surface area contributed by atoms with Crippen molar-refractivity contribution in [3.63, 3.8) is 0 Å². The summed E-state index contributed by atoms with van der Waals surface area (Å²) in [5.74, 6) is 0.504. The summed E-state index contributed by atoms with van der Waals surface area (Å²) in [5.41, 5.74) is 1.65. The smallest absolute Gasteiger partial charge is 0.252 e. The van der Waals surface area contributed by atoms with Crippen LogP contribution in [-0.2, 0) is 4.79 Å². The molecule has 0 atom stereocenters. The monoisotopic (exact) mass is 389 g/mol. The zero-order valence-corrected chi connectivity index (χ0v) is 16.4. The van der Waals surface area contributed by atoms with E-state index in [2.05, 4.69) is 16.0 Å². The number of hydrogen-bond donors (Lipinski definition) is 3. The van der Waals surface area contributed by atoms with Crippen molar-refractivity contribution in [3.05, 3.63) is 53.1 Å². The Morgan fingerprint density at radius 3 is 2.56 bits per heavy atom. The first-order chi connectivity index (χ1) is 12.9. The summed E-state index contributed by atoms with van der Waals surface area (Å²) in [6.07, 6.45) is 0. The van der Waals surface area contributed by atoms with E-state index < -0.39 is 0 Å². The average molecular weight is 390 g/mol. The summed E-state index contributed by atoms with van der Waals surface area (Å²) in [6, 6.07) is 12.2. The lowest BCUT2D eigenvalue weighted by atomic mass is 10.1. The molecule has 0 saturated heterocycles. The van der Waals surface area contributed by atoms with Crippen molar-refractivity contribution in [2.24, 2.45) is 5.92 Å². The van der Waals surface area contributed by atoms with Gasteiger partial charge in [0, 0.05) is 12.2 Å². The fourth-order valence-electron chi connectivity index (χ4n) is 2.33. The molecular weight excluding hydrogens is 366 g/mol. The Morgan fingerprint density at radius 1 is 1.15 bits per heavy atom. The van der Waals surface area contributed by atoms with Gasteiger partial charge in [-0.05, 0) is 36.2 Å². The number of ether oxygens (including phenoxy) is 1. The van der Waals surface area contributed by atoms with E-state index in [1.165, 1.54) is 0 Å². The van der Waals surface area contributed by atoms with Gasteiger partial charge in [-0.1, -0.05) is 37.6 Å². The minimum absolute atomic E-state index is 0.0489. The van der Waals surface area contributed by atoms with Crippen molar-refractivity contribution in [1.82, 2.24) is 5.32 Å². The molecule has 27 heavy (non-hydrogen) atoms. The molecule has 0 radical (unpaired) electrons. The van der Waals surface area contributed by atoms with Gasteiger partial charge in [0.05, 0.1) is 29.9 Å². The molecule has 0 bridgehead atoms. The lowest BCUT2D eigenvalue weighted by molar-refractivity contribution is -0.114. The highest BCUT2D eigenvalue weighted by atomic mass is 35.5. The molecule has 2 aromatic carbocycles. The molecule has 2 amide bonds. The van der Waals surface area contributed by atoms with Crippen LogP contribution in [0.2, 0.25) is 5.02 Å². The van der Waals surface area contributed by atoms with Crippen molar-refractivity contribution in [1.29, 1.82) is 0 Å². The van der Waals surface area contributed by atoms with E-state index in [4.69, 9.17) is 16.3 Å². The average Bonchev–Trinajstić information content (AvgIpc) is 2.65. The Kier molecular flexibility index (Phi) is 7.49. The zero-order valence-electron chi connectivity index (χ0n) is 15.6. The molecule has 0 heterocycles. The van der Waals surface area contributed by atoms with Gasteiger partial charge in [-0.25, -0.2) is 0 Å². The SMILES string of the molecule is COc1ccccc1NC(=O)CNc1ccc(C(=O)NCC(C)C)c(Cl)c1. The number of hydrogen-bond acceptors (Lipinski definition) is 4. The molecule has 0 aliphatic heterocycles. The van der Waals surface area contributed by atoms with Crippen LogP contribution in [0.15, 0.2) is 42.5 Å². The topological polar surface area (TPSA) is 79.5 Å². The van der Waals surface area contributed by atoms with Crippen LogP contribution in [0.3, 0.4) is 0 Å². The standard InChI is InChI=1S/C20H24ClN3O3/c1-13(2)11-23-20(26)15-9-8-14(10-16(15)21)22-12-19(25)24-17-6-4-5-7-18(17)27-3/h4-10,13,22H,11-12H2,1-3H3,(H,23,26)(H,24,25). The van der Waals surface area contributed by atoms with Gasteiger partial charge in [0.1, 0.15) is 5.75 Å². The Morgan fingerprint density at radius 2 is 1.89 bits per heavy atom. The highest BCUT2D eigenvalue weighted by molar-refractivity contribution is 6.34. The highest BCUT2D eigenvalue weighted by Gasteiger charge is 2.12. The number of rotatable bonds is 8. The van der Waals surface area contributed by atoms with Crippen LogP contribution in [0.25, 0.3) is 0 Å². The predicted octanol–water partition coefficient (Wildman–Crippen LogP) is 3.79. The molecule has 0 aliphatic rings. The fraction of sp³-hybridized carbons (Fsp3) is 0.300. The summed E-state index contributed by atoms with van der Waals surface area (Å²) >= 11 is 6.21.